The molecule has 3 nitrogen and oxygen atoms in total. The number of amides is 1. The van der Waals surface area contributed by atoms with Gasteiger partial charge in [-0.2, -0.15) is 0 Å². The standard InChI is InChI=1S/C14H20N2OS/c1-9-4-7-11(18-9)13-15-8-12(17)16(13)14(2,3)10-5-6-10/h4,7,10,13,15H,5-6,8H2,1-3H3. The fraction of sp³-hybridized carbons (Fsp3) is 0.643. The maximum absolute atomic E-state index is 12.2. The van der Waals surface area contributed by atoms with E-state index in [0.717, 1.165) is 0 Å². The molecule has 1 aromatic heterocycles. The lowest BCUT2D eigenvalue weighted by atomic mass is 9.95. The molecule has 2 heterocycles. The quantitative estimate of drug-likeness (QED) is 0.910. The Labute approximate surface area is 112 Å². The summed E-state index contributed by atoms with van der Waals surface area (Å²) in [6.45, 7) is 7.01. The first kappa shape index (κ1) is 12.2. The van der Waals surface area contributed by atoms with Gasteiger partial charge in [-0.25, -0.2) is 0 Å². The summed E-state index contributed by atoms with van der Waals surface area (Å²) in [6.07, 6.45) is 2.59. The smallest absolute Gasteiger partial charge is 0.238 e. The van der Waals surface area contributed by atoms with E-state index in [4.69, 9.17) is 0 Å². The fourth-order valence-corrected chi connectivity index (χ4v) is 3.92. The molecule has 1 saturated carbocycles. The lowest BCUT2D eigenvalue weighted by Gasteiger charge is -2.39. The summed E-state index contributed by atoms with van der Waals surface area (Å²) < 4.78 is 0. The van der Waals surface area contributed by atoms with Gasteiger partial charge in [-0.15, -0.1) is 11.3 Å². The van der Waals surface area contributed by atoms with Crippen molar-refractivity contribution in [3.63, 3.8) is 0 Å². The normalized spacial score (nSPS) is 24.9. The average molecular weight is 264 g/mol. The number of nitrogens with one attached hydrogen (secondary N) is 1. The van der Waals surface area contributed by atoms with Gasteiger partial charge in [-0.3, -0.25) is 10.1 Å². The topological polar surface area (TPSA) is 32.3 Å². The molecule has 18 heavy (non-hydrogen) atoms. The Balaban J connectivity index is 1.92. The first-order chi connectivity index (χ1) is 8.50. The van der Waals surface area contributed by atoms with Crippen LogP contribution in [-0.4, -0.2) is 22.9 Å². The maximum atomic E-state index is 12.2. The van der Waals surface area contributed by atoms with Crippen LogP contribution in [0.25, 0.3) is 0 Å². The third-order valence-corrected chi connectivity index (χ3v) is 5.25. The Morgan fingerprint density at radius 2 is 2.11 bits per heavy atom. The second-order valence-electron chi connectivity index (χ2n) is 5.92. The van der Waals surface area contributed by atoms with E-state index in [1.807, 2.05) is 0 Å². The van der Waals surface area contributed by atoms with Gasteiger partial charge in [0.15, 0.2) is 0 Å². The van der Waals surface area contributed by atoms with Crippen LogP contribution in [0.1, 0.15) is 42.6 Å². The Hall–Kier alpha value is -0.870. The van der Waals surface area contributed by atoms with Gasteiger partial charge < -0.3 is 4.90 Å². The van der Waals surface area contributed by atoms with Crippen molar-refractivity contribution in [2.24, 2.45) is 5.92 Å². The van der Waals surface area contributed by atoms with E-state index in [2.05, 4.69) is 43.1 Å². The van der Waals surface area contributed by atoms with Crippen molar-refractivity contribution in [1.82, 2.24) is 10.2 Å². The van der Waals surface area contributed by atoms with Gasteiger partial charge in [-0.1, -0.05) is 0 Å². The van der Waals surface area contributed by atoms with E-state index in [9.17, 15) is 4.79 Å². The minimum Gasteiger partial charge on any atom is -0.316 e. The molecule has 0 spiro atoms. The van der Waals surface area contributed by atoms with E-state index in [1.54, 1.807) is 11.3 Å². The maximum Gasteiger partial charge on any atom is 0.238 e. The lowest BCUT2D eigenvalue weighted by molar-refractivity contribution is -0.134. The molecule has 0 aromatic carbocycles. The molecule has 4 heteroatoms. The van der Waals surface area contributed by atoms with Crippen LogP contribution in [0, 0.1) is 12.8 Å². The van der Waals surface area contributed by atoms with Gasteiger partial charge in [0, 0.05) is 15.3 Å². The van der Waals surface area contributed by atoms with Gasteiger partial charge in [-0.05, 0) is 51.7 Å². The summed E-state index contributed by atoms with van der Waals surface area (Å²) >= 11 is 1.78. The highest BCUT2D eigenvalue weighted by Gasteiger charge is 2.49. The fourth-order valence-electron chi connectivity index (χ4n) is 2.97. The molecule has 0 radical (unpaired) electrons. The van der Waals surface area contributed by atoms with Gasteiger partial charge in [0.2, 0.25) is 5.91 Å². The van der Waals surface area contributed by atoms with Crippen molar-refractivity contribution in [3.8, 4) is 0 Å². The summed E-state index contributed by atoms with van der Waals surface area (Å²) in [4.78, 5) is 16.8. The van der Waals surface area contributed by atoms with Gasteiger partial charge in [0.25, 0.3) is 0 Å². The van der Waals surface area contributed by atoms with Crippen LogP contribution in [-0.2, 0) is 4.79 Å². The first-order valence-electron chi connectivity index (χ1n) is 6.62. The molecule has 1 unspecified atom stereocenters. The summed E-state index contributed by atoms with van der Waals surface area (Å²) in [5.41, 5.74) is -0.0247. The van der Waals surface area contributed by atoms with Crippen LogP contribution in [0.3, 0.4) is 0 Å². The second kappa shape index (κ2) is 4.07. The van der Waals surface area contributed by atoms with E-state index in [1.165, 1.54) is 22.6 Å². The highest BCUT2D eigenvalue weighted by atomic mass is 32.1. The van der Waals surface area contributed by atoms with Crippen LogP contribution in [0.4, 0.5) is 0 Å². The van der Waals surface area contributed by atoms with Crippen LogP contribution < -0.4 is 5.32 Å². The largest absolute Gasteiger partial charge is 0.316 e. The molecule has 2 fully saturated rings. The Bertz CT molecular complexity index is 476. The number of aryl methyl sites for hydroxylation is 1. The summed E-state index contributed by atoms with van der Waals surface area (Å²) in [6, 6.07) is 4.28. The van der Waals surface area contributed by atoms with Crippen molar-refractivity contribution < 1.29 is 4.79 Å². The van der Waals surface area contributed by atoms with Crippen LogP contribution in [0.2, 0.25) is 0 Å². The molecule has 1 atom stereocenters. The number of hydrogen-bond donors (Lipinski definition) is 1. The molecule has 0 bridgehead atoms. The Morgan fingerprint density at radius 1 is 1.39 bits per heavy atom. The molecule has 1 aliphatic heterocycles. The van der Waals surface area contributed by atoms with Crippen molar-refractivity contribution in [2.75, 3.05) is 6.54 Å². The van der Waals surface area contributed by atoms with Crippen molar-refractivity contribution in [2.45, 2.75) is 45.3 Å². The molecule has 98 valence electrons. The molecule has 1 saturated heterocycles. The third-order valence-electron chi connectivity index (χ3n) is 4.20. The minimum atomic E-state index is -0.0247. The van der Waals surface area contributed by atoms with E-state index < -0.39 is 0 Å². The molecule has 1 amide bonds. The molecular formula is C14H20N2OS. The Morgan fingerprint density at radius 3 is 2.67 bits per heavy atom. The molecule has 1 N–H and O–H groups in total. The number of carbonyl (C=O) groups is 1. The zero-order valence-corrected chi connectivity index (χ0v) is 12.0. The van der Waals surface area contributed by atoms with E-state index in [0.29, 0.717) is 12.5 Å². The zero-order chi connectivity index (χ0) is 12.9. The summed E-state index contributed by atoms with van der Waals surface area (Å²) in [5.74, 6) is 0.910. The number of hydrogen-bond acceptors (Lipinski definition) is 3. The highest BCUT2D eigenvalue weighted by molar-refractivity contribution is 7.12. The average Bonchev–Trinajstić information content (AvgIpc) is 2.98. The van der Waals surface area contributed by atoms with Crippen molar-refractivity contribution in [1.29, 1.82) is 0 Å². The van der Waals surface area contributed by atoms with Crippen LogP contribution in [0.5, 0.6) is 0 Å². The molecule has 3 rings (SSSR count). The number of thiophene rings is 1. The SMILES string of the molecule is Cc1ccc(C2NCC(=O)N2C(C)(C)C2CC2)s1. The molecule has 1 aromatic rings. The molecule has 2 aliphatic rings. The predicted octanol–water partition coefficient (Wildman–Crippen LogP) is 2.68. The molecular weight excluding hydrogens is 244 g/mol. The number of nitrogens with zero attached hydrogens (tertiary/aromatic N) is 1. The first-order valence-corrected chi connectivity index (χ1v) is 7.43. The zero-order valence-electron chi connectivity index (χ0n) is 11.2. The minimum absolute atomic E-state index is 0.0247. The van der Waals surface area contributed by atoms with Gasteiger partial charge in [0.05, 0.1) is 6.54 Å². The second-order valence-corrected chi connectivity index (χ2v) is 7.24. The molecule has 1 aliphatic carbocycles. The van der Waals surface area contributed by atoms with Crippen molar-refractivity contribution >= 4 is 17.2 Å². The van der Waals surface area contributed by atoms with Crippen molar-refractivity contribution in [3.05, 3.63) is 21.9 Å². The van der Waals surface area contributed by atoms with E-state index in [-0.39, 0.29) is 17.6 Å². The van der Waals surface area contributed by atoms with Crippen LogP contribution >= 0.6 is 11.3 Å². The summed E-state index contributed by atoms with van der Waals surface area (Å²) in [7, 11) is 0. The third kappa shape index (κ3) is 1.88. The van der Waals surface area contributed by atoms with Gasteiger partial charge >= 0.3 is 0 Å². The Kier molecular flexibility index (Phi) is 2.75. The number of rotatable bonds is 3. The number of carbonyl (C=O) groups excluding carboxylic acids is 1. The lowest BCUT2D eigenvalue weighted by Crippen LogP contribution is -2.48. The monoisotopic (exact) mass is 264 g/mol. The van der Waals surface area contributed by atoms with Crippen LogP contribution in [0.15, 0.2) is 12.1 Å². The predicted molar refractivity (Wildman–Crippen MR) is 73.4 cm³/mol. The van der Waals surface area contributed by atoms with E-state index >= 15 is 0 Å². The van der Waals surface area contributed by atoms with Gasteiger partial charge in [0.1, 0.15) is 6.17 Å². The highest BCUT2D eigenvalue weighted by Crippen LogP contribution is 2.46. The summed E-state index contributed by atoms with van der Waals surface area (Å²) in [5, 5.41) is 3.36.